The number of carbonyl (C=O) groups is 1. The molecule has 0 unspecified atom stereocenters. The third kappa shape index (κ3) is 6.19. The minimum atomic E-state index is -4.22. The topological polar surface area (TPSA) is 46.5 Å². The molecule has 0 spiro atoms. The summed E-state index contributed by atoms with van der Waals surface area (Å²) in [6, 6.07) is 3.15. The van der Waals surface area contributed by atoms with Crippen molar-refractivity contribution in [3.05, 3.63) is 35.1 Å². The van der Waals surface area contributed by atoms with Gasteiger partial charge in [-0.05, 0) is 30.2 Å². The Morgan fingerprint density at radius 3 is 2.53 bits per heavy atom. The summed E-state index contributed by atoms with van der Waals surface area (Å²) in [6.07, 6.45) is -5.36. The third-order valence-electron chi connectivity index (χ3n) is 2.22. The molecule has 0 bridgehead atoms. The van der Waals surface area contributed by atoms with Gasteiger partial charge in [-0.3, -0.25) is 0 Å². The van der Waals surface area contributed by atoms with Crippen LogP contribution < -0.4 is 0 Å². The minimum Gasteiger partial charge on any atom is -0.478 e. The van der Waals surface area contributed by atoms with E-state index in [1.807, 2.05) is 0 Å². The van der Waals surface area contributed by atoms with Gasteiger partial charge in [0.1, 0.15) is 5.82 Å². The van der Waals surface area contributed by atoms with Crippen molar-refractivity contribution in [2.45, 2.75) is 25.6 Å². The second-order valence-electron chi connectivity index (χ2n) is 3.92. The Bertz CT molecular complexity index is 443. The van der Waals surface area contributed by atoms with E-state index >= 15 is 0 Å². The summed E-state index contributed by atoms with van der Waals surface area (Å²) in [5, 5.41) is 8.70. The van der Waals surface area contributed by atoms with Gasteiger partial charge in [-0.15, -0.1) is 0 Å². The fourth-order valence-electron chi connectivity index (χ4n) is 1.42. The first-order valence-electron chi connectivity index (χ1n) is 5.45. The molecule has 1 aromatic carbocycles. The Morgan fingerprint density at radius 2 is 1.95 bits per heavy atom. The third-order valence-corrected chi connectivity index (χ3v) is 2.22. The molecule has 3 nitrogen and oxygen atoms in total. The summed E-state index contributed by atoms with van der Waals surface area (Å²) >= 11 is 0. The van der Waals surface area contributed by atoms with Crippen LogP contribution in [0.5, 0.6) is 0 Å². The summed E-state index contributed by atoms with van der Waals surface area (Å²) in [5.41, 5.74) is 0.0401. The average Bonchev–Trinajstić information content (AvgIpc) is 2.26. The molecule has 7 heteroatoms. The summed E-state index contributed by atoms with van der Waals surface area (Å²) < 4.78 is 53.5. The van der Waals surface area contributed by atoms with Gasteiger partial charge in [-0.2, -0.15) is 13.2 Å². The first-order chi connectivity index (χ1) is 8.78. The number of hydrogen-bond acceptors (Lipinski definition) is 2. The van der Waals surface area contributed by atoms with Crippen LogP contribution in [0.4, 0.5) is 17.6 Å². The van der Waals surface area contributed by atoms with Gasteiger partial charge < -0.3 is 9.84 Å². The van der Waals surface area contributed by atoms with Crippen molar-refractivity contribution in [1.82, 2.24) is 0 Å². The Labute approximate surface area is 106 Å². The van der Waals surface area contributed by atoms with E-state index in [-0.39, 0.29) is 30.8 Å². The van der Waals surface area contributed by atoms with Gasteiger partial charge in [0.15, 0.2) is 0 Å². The maximum absolute atomic E-state index is 13.1. The highest BCUT2D eigenvalue weighted by atomic mass is 19.4. The molecule has 0 aliphatic heterocycles. The lowest BCUT2D eigenvalue weighted by Crippen LogP contribution is -2.09. The zero-order chi connectivity index (χ0) is 14.5. The van der Waals surface area contributed by atoms with Gasteiger partial charge >= 0.3 is 12.1 Å². The molecule has 0 aliphatic rings. The molecule has 0 atom stereocenters. The number of aromatic carboxylic acids is 1. The highest BCUT2D eigenvalue weighted by Gasteiger charge is 2.25. The van der Waals surface area contributed by atoms with Crippen LogP contribution in [-0.2, 0) is 11.3 Å². The first-order valence-corrected chi connectivity index (χ1v) is 5.45. The molecule has 0 amide bonds. The first kappa shape index (κ1) is 15.4. The highest BCUT2D eigenvalue weighted by Crippen LogP contribution is 2.21. The maximum Gasteiger partial charge on any atom is 0.389 e. The van der Waals surface area contributed by atoms with E-state index in [2.05, 4.69) is 0 Å². The highest BCUT2D eigenvalue weighted by molar-refractivity contribution is 5.87. The van der Waals surface area contributed by atoms with E-state index in [1.165, 1.54) is 6.07 Å². The van der Waals surface area contributed by atoms with Gasteiger partial charge in [0.2, 0.25) is 0 Å². The van der Waals surface area contributed by atoms with Crippen LogP contribution in [-0.4, -0.2) is 23.9 Å². The van der Waals surface area contributed by atoms with Gasteiger partial charge in [-0.25, -0.2) is 9.18 Å². The number of halogens is 4. The van der Waals surface area contributed by atoms with Crippen molar-refractivity contribution < 1.29 is 32.2 Å². The monoisotopic (exact) mass is 280 g/mol. The molecule has 0 saturated heterocycles. The predicted molar refractivity (Wildman–Crippen MR) is 58.3 cm³/mol. The Morgan fingerprint density at radius 1 is 1.26 bits per heavy atom. The normalized spacial score (nSPS) is 11.6. The van der Waals surface area contributed by atoms with E-state index in [0.29, 0.717) is 0 Å². The fourth-order valence-corrected chi connectivity index (χ4v) is 1.42. The van der Waals surface area contributed by atoms with E-state index < -0.39 is 24.4 Å². The quantitative estimate of drug-likeness (QED) is 0.642. The van der Waals surface area contributed by atoms with Crippen LogP contribution in [0.2, 0.25) is 0 Å². The standard InChI is InChI=1S/C12H12F4O3/c13-10-5-8(4-9(6-10)11(17)18)7-19-3-1-2-12(14,15)16/h4-6H,1-3,7H2,(H,17,18). The summed E-state index contributed by atoms with van der Waals surface area (Å²) in [5.74, 6) is -2.01. The van der Waals surface area contributed by atoms with Crippen LogP contribution in [0.3, 0.4) is 0 Å². The summed E-state index contributed by atoms with van der Waals surface area (Å²) in [6.45, 7) is -0.256. The van der Waals surface area contributed by atoms with Gasteiger partial charge in [0.05, 0.1) is 12.2 Å². The molecule has 0 fully saturated rings. The molecule has 1 N–H and O–H groups in total. The minimum absolute atomic E-state index is 0.127. The summed E-state index contributed by atoms with van der Waals surface area (Å²) in [7, 11) is 0. The molecule has 1 aromatic rings. The van der Waals surface area contributed by atoms with Crippen LogP contribution in [0.15, 0.2) is 18.2 Å². The van der Waals surface area contributed by atoms with E-state index in [4.69, 9.17) is 9.84 Å². The molecular weight excluding hydrogens is 268 g/mol. The second-order valence-corrected chi connectivity index (χ2v) is 3.92. The Balaban J connectivity index is 2.43. The molecule has 106 valence electrons. The van der Waals surface area contributed by atoms with E-state index in [9.17, 15) is 22.4 Å². The lowest BCUT2D eigenvalue weighted by molar-refractivity contribution is -0.138. The Hall–Kier alpha value is -1.63. The number of hydrogen-bond donors (Lipinski definition) is 1. The second kappa shape index (κ2) is 6.51. The lowest BCUT2D eigenvalue weighted by atomic mass is 10.1. The van der Waals surface area contributed by atoms with Crippen molar-refractivity contribution in [2.24, 2.45) is 0 Å². The summed E-state index contributed by atoms with van der Waals surface area (Å²) in [4.78, 5) is 10.7. The van der Waals surface area contributed by atoms with Crippen LogP contribution in [0, 0.1) is 5.82 Å². The zero-order valence-electron chi connectivity index (χ0n) is 9.84. The number of ether oxygens (including phenoxy) is 1. The molecule has 0 saturated carbocycles. The number of rotatable bonds is 6. The van der Waals surface area contributed by atoms with E-state index in [0.717, 1.165) is 12.1 Å². The Kier molecular flexibility index (Phi) is 5.29. The lowest BCUT2D eigenvalue weighted by Gasteiger charge is -2.07. The molecule has 1 rings (SSSR count). The molecule has 19 heavy (non-hydrogen) atoms. The molecule has 0 aromatic heterocycles. The van der Waals surface area contributed by atoms with Crippen LogP contribution in [0.25, 0.3) is 0 Å². The van der Waals surface area contributed by atoms with Crippen molar-refractivity contribution in [3.8, 4) is 0 Å². The fraction of sp³-hybridized carbons (Fsp3) is 0.417. The zero-order valence-corrected chi connectivity index (χ0v) is 9.84. The molecule has 0 aliphatic carbocycles. The van der Waals surface area contributed by atoms with Crippen LogP contribution >= 0.6 is 0 Å². The number of benzene rings is 1. The number of alkyl halides is 3. The van der Waals surface area contributed by atoms with Crippen LogP contribution in [0.1, 0.15) is 28.8 Å². The molecule has 0 radical (unpaired) electrons. The van der Waals surface area contributed by atoms with Gasteiger partial charge in [-0.1, -0.05) is 0 Å². The van der Waals surface area contributed by atoms with E-state index in [1.54, 1.807) is 0 Å². The van der Waals surface area contributed by atoms with Crippen molar-refractivity contribution in [2.75, 3.05) is 6.61 Å². The molecule has 0 heterocycles. The SMILES string of the molecule is O=C(O)c1cc(F)cc(COCCCC(F)(F)F)c1. The smallest absolute Gasteiger partial charge is 0.389 e. The number of carboxylic acids is 1. The predicted octanol–water partition coefficient (Wildman–Crippen LogP) is 3.38. The maximum atomic E-state index is 13.1. The van der Waals surface area contributed by atoms with Crippen molar-refractivity contribution >= 4 is 5.97 Å². The van der Waals surface area contributed by atoms with Crippen molar-refractivity contribution in [1.29, 1.82) is 0 Å². The average molecular weight is 280 g/mol. The van der Waals surface area contributed by atoms with Gasteiger partial charge in [0, 0.05) is 13.0 Å². The largest absolute Gasteiger partial charge is 0.478 e. The van der Waals surface area contributed by atoms with Crippen molar-refractivity contribution in [3.63, 3.8) is 0 Å². The molecular formula is C12H12F4O3. The number of carboxylic acid groups (broad SMARTS) is 1. The van der Waals surface area contributed by atoms with Gasteiger partial charge in [0.25, 0.3) is 0 Å².